The highest BCUT2D eigenvalue weighted by molar-refractivity contribution is 6.63. The van der Waals surface area contributed by atoms with Gasteiger partial charge in [0.2, 0.25) is 5.91 Å². The van der Waals surface area contributed by atoms with E-state index in [1.165, 1.54) is 0 Å². The lowest BCUT2D eigenvalue weighted by atomic mass is 9.72. The van der Waals surface area contributed by atoms with Crippen molar-refractivity contribution in [1.29, 1.82) is 0 Å². The first kappa shape index (κ1) is 21.5. The van der Waals surface area contributed by atoms with Crippen LogP contribution < -0.4 is 0 Å². The highest BCUT2D eigenvalue weighted by Gasteiger charge is 2.49. The molecular formula is C22H26N4O4. The molecule has 0 radical (unpaired) electrons. The number of methoxy groups -OCH3 is 1. The fourth-order valence-corrected chi connectivity index (χ4v) is 4.35. The SMILES string of the molecule is CC[C@]1(C(=O)C(=[N+]=[N-])C(=O)OC)CCCN(C(=O)Cc2cn(C)c3ccccc23)C1. The molecule has 0 bridgehead atoms. The largest absolute Gasteiger partial charge is 0.460 e. The first-order valence-electron chi connectivity index (χ1n) is 10.0. The molecule has 2 aromatic rings. The first-order chi connectivity index (χ1) is 14.4. The van der Waals surface area contributed by atoms with Gasteiger partial charge in [0.15, 0.2) is 0 Å². The number of benzene rings is 1. The average molecular weight is 410 g/mol. The van der Waals surface area contributed by atoms with Crippen molar-refractivity contribution >= 4 is 34.3 Å². The van der Waals surface area contributed by atoms with E-state index in [9.17, 15) is 19.9 Å². The molecule has 1 aliphatic rings. The first-order valence-corrected chi connectivity index (χ1v) is 10.0. The molecule has 0 saturated carbocycles. The number of aromatic nitrogens is 1. The maximum absolute atomic E-state index is 13.1. The average Bonchev–Trinajstić information content (AvgIpc) is 3.09. The molecule has 0 N–H and O–H groups in total. The summed E-state index contributed by atoms with van der Waals surface area (Å²) in [6.45, 7) is 2.56. The lowest BCUT2D eigenvalue weighted by Gasteiger charge is -2.40. The number of fused-ring (bicyclic) bond motifs is 1. The zero-order chi connectivity index (χ0) is 21.9. The van der Waals surface area contributed by atoms with Gasteiger partial charge in [-0.05, 0) is 30.9 Å². The van der Waals surface area contributed by atoms with Gasteiger partial charge in [0, 0.05) is 37.2 Å². The smallest absolute Gasteiger partial charge is 0.442 e. The summed E-state index contributed by atoms with van der Waals surface area (Å²) in [5.74, 6) is -1.63. The zero-order valence-corrected chi connectivity index (χ0v) is 17.6. The molecule has 3 rings (SSSR count). The van der Waals surface area contributed by atoms with Gasteiger partial charge in [-0.25, -0.2) is 4.79 Å². The van der Waals surface area contributed by atoms with E-state index < -0.39 is 22.9 Å². The highest BCUT2D eigenvalue weighted by Crippen LogP contribution is 2.35. The summed E-state index contributed by atoms with van der Waals surface area (Å²) < 4.78 is 6.56. The van der Waals surface area contributed by atoms with E-state index in [1.807, 2.05) is 49.0 Å². The summed E-state index contributed by atoms with van der Waals surface area (Å²) in [5, 5.41) is 1.03. The van der Waals surface area contributed by atoms with E-state index >= 15 is 0 Å². The molecule has 158 valence electrons. The highest BCUT2D eigenvalue weighted by atomic mass is 16.5. The molecule has 1 saturated heterocycles. The lowest BCUT2D eigenvalue weighted by Crippen LogP contribution is -2.53. The second kappa shape index (κ2) is 8.63. The third kappa shape index (κ3) is 3.78. The van der Waals surface area contributed by atoms with Crippen LogP contribution >= 0.6 is 0 Å². The Morgan fingerprint density at radius 2 is 2.00 bits per heavy atom. The minimum Gasteiger partial charge on any atom is -0.460 e. The molecule has 1 amide bonds. The molecule has 0 spiro atoms. The van der Waals surface area contributed by atoms with E-state index in [0.717, 1.165) is 23.6 Å². The quantitative estimate of drug-likeness (QED) is 0.239. The maximum atomic E-state index is 13.1. The van der Waals surface area contributed by atoms with E-state index in [-0.39, 0.29) is 18.9 Å². The van der Waals surface area contributed by atoms with Crippen LogP contribution in [0.1, 0.15) is 31.7 Å². The fraction of sp³-hybridized carbons (Fsp3) is 0.455. The van der Waals surface area contributed by atoms with E-state index in [4.69, 9.17) is 0 Å². The number of para-hydroxylation sites is 1. The number of carbonyl (C=O) groups excluding carboxylic acids is 3. The lowest BCUT2D eigenvalue weighted by molar-refractivity contribution is -0.144. The van der Waals surface area contributed by atoms with Crippen LogP contribution in [0.2, 0.25) is 0 Å². The van der Waals surface area contributed by atoms with Crippen molar-refractivity contribution < 1.29 is 23.9 Å². The van der Waals surface area contributed by atoms with Crippen LogP contribution in [-0.2, 0) is 32.6 Å². The number of ketones is 1. The van der Waals surface area contributed by atoms with Gasteiger partial charge in [0.1, 0.15) is 0 Å². The van der Waals surface area contributed by atoms with Crippen LogP contribution in [-0.4, -0.2) is 57.8 Å². The maximum Gasteiger partial charge on any atom is 0.442 e. The number of rotatable bonds is 6. The van der Waals surface area contributed by atoms with Gasteiger partial charge in [-0.15, -0.1) is 0 Å². The van der Waals surface area contributed by atoms with Gasteiger partial charge >= 0.3 is 11.7 Å². The van der Waals surface area contributed by atoms with Crippen molar-refractivity contribution in [2.45, 2.75) is 32.6 Å². The Kier molecular flexibility index (Phi) is 6.17. The third-order valence-corrected chi connectivity index (χ3v) is 6.10. The standard InChI is InChI=1S/C22H26N4O4/c1-4-22(20(28)19(24-23)21(29)30-3)10-7-11-26(14-22)18(27)12-15-13-25(2)17-9-6-5-8-16(15)17/h5-6,8-9,13H,4,7,10-12,14H2,1-3H3/t22-/m0/s1. The Hall–Kier alpha value is -3.25. The molecule has 1 fully saturated rings. The van der Waals surface area contributed by atoms with Crippen LogP contribution in [0.15, 0.2) is 30.5 Å². The number of ether oxygens (including phenoxy) is 1. The van der Waals surface area contributed by atoms with E-state index in [2.05, 4.69) is 9.53 Å². The Balaban J connectivity index is 1.83. The van der Waals surface area contributed by atoms with Crippen molar-refractivity contribution in [1.82, 2.24) is 9.47 Å². The number of Topliss-reactive ketones (excluding diaryl/α,β-unsaturated/α-hetero) is 1. The minimum atomic E-state index is -0.977. The molecule has 30 heavy (non-hydrogen) atoms. The van der Waals surface area contributed by atoms with E-state index in [0.29, 0.717) is 25.8 Å². The van der Waals surface area contributed by atoms with E-state index in [1.54, 1.807) is 4.90 Å². The molecule has 2 heterocycles. The monoisotopic (exact) mass is 410 g/mol. The summed E-state index contributed by atoms with van der Waals surface area (Å²) in [7, 11) is 3.07. The fourth-order valence-electron chi connectivity index (χ4n) is 4.35. The van der Waals surface area contributed by atoms with Crippen molar-refractivity contribution in [3.8, 4) is 0 Å². The topological polar surface area (TPSA) is 105 Å². The van der Waals surface area contributed by atoms with Crippen molar-refractivity contribution in [2.24, 2.45) is 12.5 Å². The predicted octanol–water partition coefficient (Wildman–Crippen LogP) is 2.15. The van der Waals surface area contributed by atoms with Crippen LogP contribution in [0.4, 0.5) is 0 Å². The van der Waals surface area contributed by atoms with Crippen molar-refractivity contribution in [2.75, 3.05) is 20.2 Å². The van der Waals surface area contributed by atoms with Gasteiger partial charge in [0.25, 0.3) is 5.78 Å². The van der Waals surface area contributed by atoms with Crippen LogP contribution in [0.25, 0.3) is 16.4 Å². The minimum absolute atomic E-state index is 0.0720. The number of piperidine rings is 1. The number of nitrogens with zero attached hydrogens (tertiary/aromatic N) is 4. The molecule has 1 aliphatic heterocycles. The second-order valence-electron chi connectivity index (χ2n) is 7.78. The number of aryl methyl sites for hydroxylation is 1. The Bertz CT molecular complexity index is 1050. The molecule has 1 aromatic carbocycles. The van der Waals surface area contributed by atoms with Crippen LogP contribution in [0.3, 0.4) is 0 Å². The summed E-state index contributed by atoms with van der Waals surface area (Å²) >= 11 is 0. The van der Waals surface area contributed by atoms with Gasteiger partial charge < -0.3 is 19.7 Å². The third-order valence-electron chi connectivity index (χ3n) is 6.10. The summed E-state index contributed by atoms with van der Waals surface area (Å²) in [6, 6.07) is 7.91. The summed E-state index contributed by atoms with van der Waals surface area (Å²) in [4.78, 5) is 42.6. The number of carbonyl (C=O) groups is 3. The van der Waals surface area contributed by atoms with Gasteiger partial charge in [-0.1, -0.05) is 25.1 Å². The molecule has 0 aliphatic carbocycles. The predicted molar refractivity (Wildman–Crippen MR) is 111 cm³/mol. The van der Waals surface area contributed by atoms with Crippen LogP contribution in [0.5, 0.6) is 0 Å². The zero-order valence-electron chi connectivity index (χ0n) is 17.6. The summed E-state index contributed by atoms with van der Waals surface area (Å²) in [6.07, 6.45) is 3.74. The van der Waals surface area contributed by atoms with Crippen molar-refractivity contribution in [3.05, 3.63) is 41.6 Å². The van der Waals surface area contributed by atoms with Crippen LogP contribution in [0, 0.1) is 5.41 Å². The molecule has 8 nitrogen and oxygen atoms in total. The van der Waals surface area contributed by atoms with Gasteiger partial charge in [0.05, 0.1) is 18.9 Å². The Morgan fingerprint density at radius 3 is 2.67 bits per heavy atom. The molecule has 8 heteroatoms. The van der Waals surface area contributed by atoms with Gasteiger partial charge in [-0.3, -0.25) is 9.59 Å². The Labute approximate surface area is 175 Å². The molecular weight excluding hydrogens is 384 g/mol. The number of hydrogen-bond acceptors (Lipinski definition) is 4. The Morgan fingerprint density at radius 1 is 1.27 bits per heavy atom. The number of likely N-dealkylation sites (tertiary alicyclic amines) is 1. The normalized spacial score (nSPS) is 18.7. The van der Waals surface area contributed by atoms with Gasteiger partial charge in [-0.2, -0.15) is 4.79 Å². The number of amides is 1. The summed E-state index contributed by atoms with van der Waals surface area (Å²) in [5.41, 5.74) is 9.59. The second-order valence-corrected chi connectivity index (χ2v) is 7.78. The molecule has 1 aromatic heterocycles. The molecule has 1 atom stereocenters. The van der Waals surface area contributed by atoms with Crippen molar-refractivity contribution in [3.63, 3.8) is 0 Å². The number of esters is 1. The molecule has 0 unspecified atom stereocenters. The number of hydrogen-bond donors (Lipinski definition) is 0.